The van der Waals surface area contributed by atoms with E-state index in [1.165, 1.54) is 0 Å². The van der Waals surface area contributed by atoms with Gasteiger partial charge in [-0.3, -0.25) is 0 Å². The first kappa shape index (κ1) is 16.3. The van der Waals surface area contributed by atoms with Crippen LogP contribution in [0.3, 0.4) is 0 Å². The molecule has 0 fully saturated rings. The molecule has 3 N–H and O–H groups in total. The molecule has 0 aliphatic carbocycles. The van der Waals surface area contributed by atoms with Crippen LogP contribution < -0.4 is 15.4 Å². The van der Waals surface area contributed by atoms with E-state index < -0.39 is 0 Å². The van der Waals surface area contributed by atoms with E-state index in [-0.39, 0.29) is 12.1 Å². The maximum atomic E-state index is 11.5. The van der Waals surface area contributed by atoms with Gasteiger partial charge in [0.05, 0.1) is 13.2 Å². The van der Waals surface area contributed by atoms with Crippen LogP contribution in [-0.2, 0) is 6.42 Å². The van der Waals surface area contributed by atoms with Gasteiger partial charge in [0.1, 0.15) is 5.75 Å². The van der Waals surface area contributed by atoms with Gasteiger partial charge in [0.15, 0.2) is 0 Å². The molecule has 5 nitrogen and oxygen atoms in total. The number of hydrogen-bond donors (Lipinski definition) is 3. The van der Waals surface area contributed by atoms with Crippen molar-refractivity contribution in [3.63, 3.8) is 0 Å². The highest BCUT2D eigenvalue weighted by atomic mass is 16.5. The van der Waals surface area contributed by atoms with E-state index in [0.717, 1.165) is 17.7 Å². The number of urea groups is 1. The van der Waals surface area contributed by atoms with Gasteiger partial charge in [-0.15, -0.1) is 0 Å². The second-order valence-corrected chi connectivity index (χ2v) is 4.63. The number of rotatable bonds is 8. The van der Waals surface area contributed by atoms with Crippen LogP contribution in [0, 0.1) is 0 Å². The van der Waals surface area contributed by atoms with Crippen molar-refractivity contribution in [2.75, 3.05) is 20.2 Å². The number of benzene rings is 1. The first-order chi connectivity index (χ1) is 9.65. The summed E-state index contributed by atoms with van der Waals surface area (Å²) >= 11 is 0. The van der Waals surface area contributed by atoms with E-state index in [0.29, 0.717) is 25.9 Å². The van der Waals surface area contributed by atoms with Crippen molar-refractivity contribution in [3.8, 4) is 5.75 Å². The average molecular weight is 280 g/mol. The zero-order chi connectivity index (χ0) is 14.8. The van der Waals surface area contributed by atoms with Crippen LogP contribution in [-0.4, -0.2) is 37.4 Å². The molecule has 0 aromatic heterocycles. The van der Waals surface area contributed by atoms with Crippen molar-refractivity contribution in [2.45, 2.75) is 32.3 Å². The van der Waals surface area contributed by atoms with Crippen LogP contribution in [0.25, 0.3) is 0 Å². The standard InChI is InChI=1S/C15H24N2O3/c1-3-13(18)9-11-17-15(19)16-10-8-12-4-6-14(20-2)7-5-12/h4-7,13,18H,3,8-11H2,1-2H3,(H2,16,17,19). The highest BCUT2D eigenvalue weighted by Crippen LogP contribution is 2.11. The molecule has 1 aromatic carbocycles. The molecule has 0 radical (unpaired) electrons. The van der Waals surface area contributed by atoms with Gasteiger partial charge in [0, 0.05) is 13.1 Å². The number of hydrogen-bond acceptors (Lipinski definition) is 3. The topological polar surface area (TPSA) is 70.6 Å². The lowest BCUT2D eigenvalue weighted by molar-refractivity contribution is 0.160. The van der Waals surface area contributed by atoms with E-state index in [2.05, 4.69) is 10.6 Å². The summed E-state index contributed by atoms with van der Waals surface area (Å²) in [7, 11) is 1.64. The predicted molar refractivity (Wildman–Crippen MR) is 79.0 cm³/mol. The fraction of sp³-hybridized carbons (Fsp3) is 0.533. The number of nitrogens with one attached hydrogen (secondary N) is 2. The fourth-order valence-corrected chi connectivity index (χ4v) is 1.73. The zero-order valence-corrected chi connectivity index (χ0v) is 12.2. The van der Waals surface area contributed by atoms with E-state index >= 15 is 0 Å². The molecule has 0 bridgehead atoms. The summed E-state index contributed by atoms with van der Waals surface area (Å²) in [5.74, 6) is 0.828. The van der Waals surface area contributed by atoms with Crippen LogP contribution in [0.5, 0.6) is 5.75 Å². The lowest BCUT2D eigenvalue weighted by Crippen LogP contribution is -2.37. The van der Waals surface area contributed by atoms with Crippen molar-refractivity contribution in [1.82, 2.24) is 10.6 Å². The summed E-state index contributed by atoms with van der Waals surface area (Å²) in [5.41, 5.74) is 1.15. The highest BCUT2D eigenvalue weighted by Gasteiger charge is 2.03. The number of aliphatic hydroxyl groups is 1. The van der Waals surface area contributed by atoms with E-state index in [9.17, 15) is 9.90 Å². The lowest BCUT2D eigenvalue weighted by atomic mass is 10.1. The molecule has 0 saturated heterocycles. The third kappa shape index (κ3) is 6.43. The summed E-state index contributed by atoms with van der Waals surface area (Å²) in [4.78, 5) is 11.5. The number of carbonyl (C=O) groups excluding carboxylic acids is 1. The SMILES string of the molecule is CCC(O)CCNC(=O)NCCc1ccc(OC)cc1. The Labute approximate surface area is 120 Å². The second-order valence-electron chi connectivity index (χ2n) is 4.63. The van der Waals surface area contributed by atoms with Gasteiger partial charge in [-0.1, -0.05) is 19.1 Å². The van der Waals surface area contributed by atoms with Crippen LogP contribution >= 0.6 is 0 Å². The van der Waals surface area contributed by atoms with Crippen molar-refractivity contribution in [1.29, 1.82) is 0 Å². The molecule has 5 heteroatoms. The van der Waals surface area contributed by atoms with Crippen LogP contribution in [0.4, 0.5) is 4.79 Å². The zero-order valence-electron chi connectivity index (χ0n) is 12.2. The molecule has 0 aliphatic rings. The third-order valence-electron chi connectivity index (χ3n) is 3.09. The molecular weight excluding hydrogens is 256 g/mol. The van der Waals surface area contributed by atoms with Gasteiger partial charge < -0.3 is 20.5 Å². The summed E-state index contributed by atoms with van der Waals surface area (Å²) in [6, 6.07) is 7.58. The fourth-order valence-electron chi connectivity index (χ4n) is 1.73. The average Bonchev–Trinajstić information content (AvgIpc) is 2.47. The molecule has 20 heavy (non-hydrogen) atoms. The Hall–Kier alpha value is -1.75. The van der Waals surface area contributed by atoms with Gasteiger partial charge in [-0.25, -0.2) is 4.79 Å². The molecule has 1 rings (SSSR count). The summed E-state index contributed by atoms with van der Waals surface area (Å²) in [5, 5.41) is 14.9. The summed E-state index contributed by atoms with van der Waals surface area (Å²) < 4.78 is 5.08. The van der Waals surface area contributed by atoms with Crippen LogP contribution in [0.2, 0.25) is 0 Å². The lowest BCUT2D eigenvalue weighted by Gasteiger charge is -2.10. The molecule has 1 atom stereocenters. The second kappa shape index (κ2) is 9.20. The maximum absolute atomic E-state index is 11.5. The molecule has 0 saturated carbocycles. The van der Waals surface area contributed by atoms with E-state index in [1.807, 2.05) is 31.2 Å². The van der Waals surface area contributed by atoms with E-state index in [1.54, 1.807) is 7.11 Å². The smallest absolute Gasteiger partial charge is 0.314 e. The van der Waals surface area contributed by atoms with Gasteiger partial charge in [0.25, 0.3) is 0 Å². The van der Waals surface area contributed by atoms with Crippen LogP contribution in [0.1, 0.15) is 25.3 Å². The molecule has 1 unspecified atom stereocenters. The van der Waals surface area contributed by atoms with Gasteiger partial charge in [-0.05, 0) is 37.0 Å². The maximum Gasteiger partial charge on any atom is 0.314 e. The Kier molecular flexibility index (Phi) is 7.50. The number of ether oxygens (including phenoxy) is 1. The molecule has 0 heterocycles. The summed E-state index contributed by atoms with van der Waals surface area (Å²) in [6.07, 6.45) is 1.73. The number of aliphatic hydroxyl groups excluding tert-OH is 1. The van der Waals surface area contributed by atoms with Crippen LogP contribution in [0.15, 0.2) is 24.3 Å². The normalized spacial score (nSPS) is 11.8. The number of methoxy groups -OCH3 is 1. The predicted octanol–water partition coefficient (Wildman–Crippen LogP) is 1.70. The Morgan fingerprint density at radius 3 is 2.50 bits per heavy atom. The minimum Gasteiger partial charge on any atom is -0.497 e. The minimum absolute atomic E-state index is 0.193. The highest BCUT2D eigenvalue weighted by molar-refractivity contribution is 5.73. The first-order valence-electron chi connectivity index (χ1n) is 6.98. The molecule has 1 aromatic rings. The van der Waals surface area contributed by atoms with Gasteiger partial charge in [-0.2, -0.15) is 0 Å². The molecule has 112 valence electrons. The van der Waals surface area contributed by atoms with Gasteiger partial charge in [0.2, 0.25) is 0 Å². The quantitative estimate of drug-likeness (QED) is 0.679. The molecule has 2 amide bonds. The Morgan fingerprint density at radius 1 is 1.25 bits per heavy atom. The van der Waals surface area contributed by atoms with Gasteiger partial charge >= 0.3 is 6.03 Å². The number of carbonyl (C=O) groups is 1. The van der Waals surface area contributed by atoms with Crippen molar-refractivity contribution >= 4 is 6.03 Å². The summed E-state index contributed by atoms with van der Waals surface area (Å²) in [6.45, 7) is 2.98. The Morgan fingerprint density at radius 2 is 1.90 bits per heavy atom. The molecule has 0 spiro atoms. The van der Waals surface area contributed by atoms with Crippen molar-refractivity contribution < 1.29 is 14.6 Å². The molecule has 0 aliphatic heterocycles. The van der Waals surface area contributed by atoms with Crippen molar-refractivity contribution in [3.05, 3.63) is 29.8 Å². The Bertz CT molecular complexity index is 393. The molecular formula is C15H24N2O3. The third-order valence-corrected chi connectivity index (χ3v) is 3.09. The first-order valence-corrected chi connectivity index (χ1v) is 6.98. The van der Waals surface area contributed by atoms with E-state index in [4.69, 9.17) is 4.74 Å². The Balaban J connectivity index is 2.14. The number of amides is 2. The van der Waals surface area contributed by atoms with Crippen molar-refractivity contribution in [2.24, 2.45) is 0 Å². The monoisotopic (exact) mass is 280 g/mol. The largest absolute Gasteiger partial charge is 0.497 e. The minimum atomic E-state index is -0.338.